The molecule has 0 unspecified atom stereocenters. The van der Waals surface area contributed by atoms with Crippen LogP contribution in [0, 0.1) is 0 Å². The Labute approximate surface area is 118 Å². The Morgan fingerprint density at radius 1 is 1.05 bits per heavy atom. The third-order valence-corrected chi connectivity index (χ3v) is 3.67. The number of fused-ring (bicyclic) bond motifs is 1. The number of hydrogen-bond acceptors (Lipinski definition) is 2. The fourth-order valence-corrected chi connectivity index (χ4v) is 2.48. The van der Waals surface area contributed by atoms with Crippen molar-refractivity contribution in [1.82, 2.24) is 4.98 Å². The van der Waals surface area contributed by atoms with Crippen LogP contribution in [0.1, 0.15) is 17.2 Å². The quantitative estimate of drug-likeness (QED) is 0.680. The Morgan fingerprint density at radius 2 is 1.85 bits per heavy atom. The molecule has 0 fully saturated rings. The molecule has 0 spiro atoms. The Bertz CT molecular complexity index is 690. The topological polar surface area (TPSA) is 62.0 Å². The highest BCUT2D eigenvalue weighted by Gasteiger charge is 2.17. The van der Waals surface area contributed by atoms with Crippen LogP contribution in [0.5, 0.6) is 0 Å². The highest BCUT2D eigenvalue weighted by atomic mass is 16.3. The molecule has 0 saturated carbocycles. The average Bonchev–Trinajstić information content (AvgIpc) is 2.94. The molecule has 1 aromatic heterocycles. The number of rotatable bonds is 4. The van der Waals surface area contributed by atoms with Gasteiger partial charge in [-0.25, -0.2) is 0 Å². The van der Waals surface area contributed by atoms with Crippen LogP contribution in [0.2, 0.25) is 0 Å². The van der Waals surface area contributed by atoms with Gasteiger partial charge in [0.2, 0.25) is 0 Å². The average molecular weight is 266 g/mol. The van der Waals surface area contributed by atoms with E-state index in [4.69, 9.17) is 5.73 Å². The van der Waals surface area contributed by atoms with E-state index in [1.54, 1.807) is 0 Å². The van der Waals surface area contributed by atoms with Gasteiger partial charge in [-0.15, -0.1) is 0 Å². The minimum atomic E-state index is -0.593. The summed E-state index contributed by atoms with van der Waals surface area (Å²) in [4.78, 5) is 3.17. The van der Waals surface area contributed by atoms with Gasteiger partial charge < -0.3 is 15.8 Å². The lowest BCUT2D eigenvalue weighted by Crippen LogP contribution is -2.28. The Hall–Kier alpha value is -2.10. The van der Waals surface area contributed by atoms with E-state index >= 15 is 0 Å². The van der Waals surface area contributed by atoms with Crippen molar-refractivity contribution in [3.05, 3.63) is 71.9 Å². The van der Waals surface area contributed by atoms with E-state index in [2.05, 4.69) is 4.98 Å². The first kappa shape index (κ1) is 12.9. The number of aromatic nitrogens is 1. The largest absolute Gasteiger partial charge is 0.391 e. The van der Waals surface area contributed by atoms with E-state index in [0.29, 0.717) is 6.42 Å². The first-order valence-electron chi connectivity index (χ1n) is 6.78. The molecule has 102 valence electrons. The molecule has 0 amide bonds. The molecule has 3 heteroatoms. The van der Waals surface area contributed by atoms with Crippen LogP contribution < -0.4 is 5.73 Å². The van der Waals surface area contributed by atoms with Crippen LogP contribution in [0.4, 0.5) is 0 Å². The molecule has 0 aliphatic carbocycles. The third kappa shape index (κ3) is 2.59. The number of hydrogen-bond donors (Lipinski definition) is 3. The molecule has 0 bridgehead atoms. The second-order valence-electron chi connectivity index (χ2n) is 5.11. The molecule has 20 heavy (non-hydrogen) atoms. The molecule has 4 N–H and O–H groups in total. The summed E-state index contributed by atoms with van der Waals surface area (Å²) in [6, 6.07) is 17.6. The number of H-pyrrole nitrogens is 1. The van der Waals surface area contributed by atoms with Crippen LogP contribution in [-0.2, 0) is 6.42 Å². The van der Waals surface area contributed by atoms with Gasteiger partial charge in [0.15, 0.2) is 0 Å². The van der Waals surface area contributed by atoms with E-state index in [1.807, 2.05) is 60.8 Å². The highest BCUT2D eigenvalue weighted by molar-refractivity contribution is 5.80. The van der Waals surface area contributed by atoms with E-state index < -0.39 is 6.10 Å². The van der Waals surface area contributed by atoms with Gasteiger partial charge in [0.1, 0.15) is 0 Å². The maximum absolute atomic E-state index is 10.3. The predicted octanol–water partition coefficient (Wildman–Crippen LogP) is 2.77. The van der Waals surface area contributed by atoms with Crippen LogP contribution in [-0.4, -0.2) is 16.2 Å². The monoisotopic (exact) mass is 266 g/mol. The first-order chi connectivity index (χ1) is 9.74. The van der Waals surface area contributed by atoms with Gasteiger partial charge >= 0.3 is 0 Å². The lowest BCUT2D eigenvalue weighted by atomic mass is 9.96. The summed E-state index contributed by atoms with van der Waals surface area (Å²) in [5.74, 6) is 0. The summed E-state index contributed by atoms with van der Waals surface area (Å²) in [5, 5.41) is 11.5. The summed E-state index contributed by atoms with van der Waals surface area (Å²) in [7, 11) is 0. The minimum Gasteiger partial charge on any atom is -0.391 e. The van der Waals surface area contributed by atoms with Crippen LogP contribution in [0.3, 0.4) is 0 Å². The number of benzene rings is 2. The second-order valence-corrected chi connectivity index (χ2v) is 5.11. The van der Waals surface area contributed by atoms with Crippen LogP contribution in [0.25, 0.3) is 10.9 Å². The number of aliphatic hydroxyl groups is 1. The molecule has 2 aromatic carbocycles. The van der Waals surface area contributed by atoms with Gasteiger partial charge in [-0.05, 0) is 28.6 Å². The van der Waals surface area contributed by atoms with Gasteiger partial charge in [-0.2, -0.15) is 0 Å². The number of nitrogens with two attached hydrogens (primary N) is 1. The van der Waals surface area contributed by atoms with Gasteiger partial charge in [-0.3, -0.25) is 0 Å². The van der Waals surface area contributed by atoms with E-state index in [1.165, 1.54) is 0 Å². The predicted molar refractivity (Wildman–Crippen MR) is 81.4 cm³/mol. The summed E-state index contributed by atoms with van der Waals surface area (Å²) in [6.45, 7) is 0. The van der Waals surface area contributed by atoms with Gasteiger partial charge in [-0.1, -0.05) is 42.5 Å². The standard InChI is InChI=1S/C17H18N2O/c18-17(16(20)10-12-4-2-1-3-5-12)14-7-6-13-8-9-19-15(13)11-14/h1-9,11,16-17,19-20H,10,18H2/t16-,17+/m0/s1. The lowest BCUT2D eigenvalue weighted by molar-refractivity contribution is 0.145. The summed E-state index contributed by atoms with van der Waals surface area (Å²) in [6.07, 6.45) is 1.87. The lowest BCUT2D eigenvalue weighted by Gasteiger charge is -2.19. The molecule has 0 radical (unpaired) electrons. The molecule has 0 aliphatic heterocycles. The second kappa shape index (κ2) is 5.49. The van der Waals surface area contributed by atoms with Crippen molar-refractivity contribution in [3.63, 3.8) is 0 Å². The highest BCUT2D eigenvalue weighted by Crippen LogP contribution is 2.22. The van der Waals surface area contributed by atoms with Gasteiger partial charge in [0, 0.05) is 18.1 Å². The molecule has 3 nitrogen and oxygen atoms in total. The molecule has 2 atom stereocenters. The fourth-order valence-electron chi connectivity index (χ4n) is 2.48. The van der Waals surface area contributed by atoms with Crippen molar-refractivity contribution < 1.29 is 5.11 Å². The molecule has 0 aliphatic rings. The number of aromatic amines is 1. The molecular formula is C17H18N2O. The van der Waals surface area contributed by atoms with Crippen LogP contribution >= 0.6 is 0 Å². The maximum atomic E-state index is 10.3. The zero-order chi connectivity index (χ0) is 13.9. The zero-order valence-electron chi connectivity index (χ0n) is 11.2. The van der Waals surface area contributed by atoms with Crippen molar-refractivity contribution in [2.45, 2.75) is 18.6 Å². The van der Waals surface area contributed by atoms with Crippen molar-refractivity contribution in [2.24, 2.45) is 5.73 Å². The smallest absolute Gasteiger partial charge is 0.0773 e. The van der Waals surface area contributed by atoms with Crippen LogP contribution in [0.15, 0.2) is 60.8 Å². The van der Waals surface area contributed by atoms with Crippen molar-refractivity contribution >= 4 is 10.9 Å². The maximum Gasteiger partial charge on any atom is 0.0773 e. The third-order valence-electron chi connectivity index (χ3n) is 3.67. The summed E-state index contributed by atoms with van der Waals surface area (Å²) >= 11 is 0. The van der Waals surface area contributed by atoms with Crippen molar-refractivity contribution in [2.75, 3.05) is 0 Å². The molecule has 3 rings (SSSR count). The Balaban J connectivity index is 1.78. The van der Waals surface area contributed by atoms with E-state index in [9.17, 15) is 5.11 Å². The Kier molecular flexibility index (Phi) is 3.54. The molecule has 0 saturated heterocycles. The normalized spacial score (nSPS) is 14.3. The SMILES string of the molecule is N[C@H](c1ccc2cc[nH]c2c1)[C@@H](O)Cc1ccccc1. The van der Waals surface area contributed by atoms with Gasteiger partial charge in [0.25, 0.3) is 0 Å². The number of aliphatic hydroxyl groups excluding tert-OH is 1. The minimum absolute atomic E-state index is 0.386. The first-order valence-corrected chi connectivity index (χ1v) is 6.78. The van der Waals surface area contributed by atoms with E-state index in [-0.39, 0.29) is 6.04 Å². The molecule has 3 aromatic rings. The zero-order valence-corrected chi connectivity index (χ0v) is 11.2. The molecule has 1 heterocycles. The Morgan fingerprint density at radius 3 is 2.65 bits per heavy atom. The van der Waals surface area contributed by atoms with E-state index in [0.717, 1.165) is 22.0 Å². The van der Waals surface area contributed by atoms with Crippen molar-refractivity contribution in [3.8, 4) is 0 Å². The van der Waals surface area contributed by atoms with Gasteiger partial charge in [0.05, 0.1) is 12.1 Å². The summed E-state index contributed by atoms with van der Waals surface area (Å²) < 4.78 is 0. The number of nitrogens with one attached hydrogen (secondary N) is 1. The summed E-state index contributed by atoms with van der Waals surface area (Å²) in [5.41, 5.74) is 9.27. The fraction of sp³-hybridized carbons (Fsp3) is 0.176. The molecular weight excluding hydrogens is 248 g/mol. The van der Waals surface area contributed by atoms with Crippen molar-refractivity contribution in [1.29, 1.82) is 0 Å².